The number of carbonyl (C=O) groups excluding carboxylic acids is 1. The Labute approximate surface area is 104 Å². The van der Waals surface area contributed by atoms with Gasteiger partial charge in [0.1, 0.15) is 5.78 Å². The third kappa shape index (κ3) is 5.12. The Morgan fingerprint density at radius 1 is 1.29 bits per heavy atom. The fraction of sp³-hybridized carbons (Fsp3) is 0.600. The van der Waals surface area contributed by atoms with Gasteiger partial charge in [0, 0.05) is 24.2 Å². The summed E-state index contributed by atoms with van der Waals surface area (Å²) >= 11 is 0. The van der Waals surface area contributed by atoms with E-state index in [1.807, 2.05) is 25.1 Å². The van der Waals surface area contributed by atoms with Crippen LogP contribution < -0.4 is 0 Å². The van der Waals surface area contributed by atoms with Gasteiger partial charge in [-0.15, -0.1) is 0 Å². The fourth-order valence-electron chi connectivity index (χ4n) is 2.08. The van der Waals surface area contributed by atoms with Crippen LogP contribution in [-0.4, -0.2) is 10.8 Å². The molecule has 0 aliphatic heterocycles. The first-order chi connectivity index (χ1) is 8.27. The summed E-state index contributed by atoms with van der Waals surface area (Å²) in [4.78, 5) is 16.2. The van der Waals surface area contributed by atoms with Crippen molar-refractivity contribution in [1.29, 1.82) is 0 Å². The molecule has 0 saturated heterocycles. The SMILES string of the molecule is CCCCCC(Cc1ccccn1)C(=O)CC. The molecule has 2 nitrogen and oxygen atoms in total. The van der Waals surface area contributed by atoms with E-state index >= 15 is 0 Å². The van der Waals surface area contributed by atoms with Gasteiger partial charge in [-0.3, -0.25) is 9.78 Å². The number of rotatable bonds is 8. The zero-order valence-electron chi connectivity index (χ0n) is 11.0. The minimum Gasteiger partial charge on any atom is -0.299 e. The molecule has 17 heavy (non-hydrogen) atoms. The standard InChI is InChI=1S/C15H23NO/c1-3-5-6-9-13(15(17)4-2)12-14-10-7-8-11-16-14/h7-8,10-11,13H,3-6,9,12H2,1-2H3. The van der Waals surface area contributed by atoms with Gasteiger partial charge in [-0.1, -0.05) is 39.2 Å². The predicted molar refractivity (Wildman–Crippen MR) is 70.9 cm³/mol. The zero-order valence-corrected chi connectivity index (χ0v) is 11.0. The number of pyridine rings is 1. The van der Waals surface area contributed by atoms with Crippen LogP contribution in [0.15, 0.2) is 24.4 Å². The molecule has 0 spiro atoms. The summed E-state index contributed by atoms with van der Waals surface area (Å²) in [5.74, 6) is 0.549. The largest absolute Gasteiger partial charge is 0.299 e. The highest BCUT2D eigenvalue weighted by atomic mass is 16.1. The van der Waals surface area contributed by atoms with Crippen LogP contribution in [0.2, 0.25) is 0 Å². The number of ketones is 1. The lowest BCUT2D eigenvalue weighted by Crippen LogP contribution is -2.17. The third-order valence-electron chi connectivity index (χ3n) is 3.14. The minimum atomic E-state index is 0.168. The molecule has 0 aliphatic rings. The first-order valence-corrected chi connectivity index (χ1v) is 6.70. The van der Waals surface area contributed by atoms with Crippen LogP contribution in [-0.2, 0) is 11.2 Å². The molecule has 0 bridgehead atoms. The van der Waals surface area contributed by atoms with Crippen LogP contribution >= 0.6 is 0 Å². The highest BCUT2D eigenvalue weighted by Gasteiger charge is 2.17. The molecule has 1 rings (SSSR count). The van der Waals surface area contributed by atoms with Crippen molar-refractivity contribution in [1.82, 2.24) is 4.98 Å². The molecule has 1 aromatic rings. The van der Waals surface area contributed by atoms with E-state index in [9.17, 15) is 4.79 Å². The normalized spacial score (nSPS) is 12.4. The molecular formula is C15H23NO. The monoisotopic (exact) mass is 233 g/mol. The van der Waals surface area contributed by atoms with Crippen LogP contribution in [0.4, 0.5) is 0 Å². The van der Waals surface area contributed by atoms with Crippen molar-refractivity contribution in [2.24, 2.45) is 5.92 Å². The number of hydrogen-bond donors (Lipinski definition) is 0. The zero-order chi connectivity index (χ0) is 12.5. The first kappa shape index (κ1) is 13.9. The molecule has 1 heterocycles. The number of unbranched alkanes of at least 4 members (excludes halogenated alkanes) is 2. The number of aromatic nitrogens is 1. The van der Waals surface area contributed by atoms with Crippen molar-refractivity contribution in [3.8, 4) is 0 Å². The molecule has 0 radical (unpaired) electrons. The van der Waals surface area contributed by atoms with E-state index in [-0.39, 0.29) is 5.92 Å². The Bertz CT molecular complexity index is 321. The average molecular weight is 233 g/mol. The van der Waals surface area contributed by atoms with Crippen molar-refractivity contribution in [2.45, 2.75) is 52.4 Å². The molecule has 1 atom stereocenters. The van der Waals surface area contributed by atoms with Crippen molar-refractivity contribution < 1.29 is 4.79 Å². The van der Waals surface area contributed by atoms with Crippen molar-refractivity contribution in [2.75, 3.05) is 0 Å². The molecule has 0 fully saturated rings. The smallest absolute Gasteiger partial charge is 0.136 e. The van der Waals surface area contributed by atoms with Crippen LogP contribution in [0, 0.1) is 5.92 Å². The number of nitrogens with zero attached hydrogens (tertiary/aromatic N) is 1. The van der Waals surface area contributed by atoms with Crippen molar-refractivity contribution >= 4 is 5.78 Å². The Hall–Kier alpha value is -1.18. The summed E-state index contributed by atoms with van der Waals surface area (Å²) < 4.78 is 0. The van der Waals surface area contributed by atoms with Crippen LogP contribution in [0.5, 0.6) is 0 Å². The maximum Gasteiger partial charge on any atom is 0.136 e. The van der Waals surface area contributed by atoms with Crippen LogP contribution in [0.3, 0.4) is 0 Å². The van der Waals surface area contributed by atoms with Gasteiger partial charge in [0.15, 0.2) is 0 Å². The van der Waals surface area contributed by atoms with Gasteiger partial charge in [0.05, 0.1) is 0 Å². The minimum absolute atomic E-state index is 0.168. The van der Waals surface area contributed by atoms with Gasteiger partial charge in [0.2, 0.25) is 0 Å². The molecule has 1 aromatic heterocycles. The Kier molecular flexibility index (Phi) is 6.53. The summed E-state index contributed by atoms with van der Waals surface area (Å²) in [6, 6.07) is 5.91. The summed E-state index contributed by atoms with van der Waals surface area (Å²) in [5, 5.41) is 0. The molecule has 0 aromatic carbocycles. The van der Waals surface area contributed by atoms with Gasteiger partial charge in [0.25, 0.3) is 0 Å². The van der Waals surface area contributed by atoms with Crippen LogP contribution in [0.1, 0.15) is 51.6 Å². The van der Waals surface area contributed by atoms with E-state index in [4.69, 9.17) is 0 Å². The molecule has 1 unspecified atom stereocenters. The topological polar surface area (TPSA) is 30.0 Å². The van der Waals surface area contributed by atoms with E-state index in [2.05, 4.69) is 11.9 Å². The highest BCUT2D eigenvalue weighted by Crippen LogP contribution is 2.17. The lowest BCUT2D eigenvalue weighted by molar-refractivity contribution is -0.122. The molecule has 0 amide bonds. The number of hydrogen-bond acceptors (Lipinski definition) is 2. The summed E-state index contributed by atoms with van der Waals surface area (Å²) in [6.07, 6.45) is 7.83. The Balaban J connectivity index is 2.54. The van der Waals surface area contributed by atoms with Gasteiger partial charge in [-0.2, -0.15) is 0 Å². The van der Waals surface area contributed by atoms with Gasteiger partial charge in [-0.25, -0.2) is 0 Å². The van der Waals surface area contributed by atoms with E-state index < -0.39 is 0 Å². The third-order valence-corrected chi connectivity index (χ3v) is 3.14. The van der Waals surface area contributed by atoms with Crippen molar-refractivity contribution in [3.63, 3.8) is 0 Å². The summed E-state index contributed by atoms with van der Waals surface area (Å²) in [7, 11) is 0. The van der Waals surface area contributed by atoms with Gasteiger partial charge >= 0.3 is 0 Å². The van der Waals surface area contributed by atoms with Crippen molar-refractivity contribution in [3.05, 3.63) is 30.1 Å². The molecular weight excluding hydrogens is 210 g/mol. The summed E-state index contributed by atoms with van der Waals surface area (Å²) in [6.45, 7) is 4.14. The van der Waals surface area contributed by atoms with E-state index in [1.165, 1.54) is 12.8 Å². The Morgan fingerprint density at radius 3 is 2.71 bits per heavy atom. The molecule has 2 heteroatoms. The molecule has 94 valence electrons. The van der Waals surface area contributed by atoms with Gasteiger partial charge in [-0.05, 0) is 25.0 Å². The van der Waals surface area contributed by atoms with E-state index in [0.717, 1.165) is 25.0 Å². The maximum atomic E-state index is 11.9. The fourth-order valence-corrected chi connectivity index (χ4v) is 2.08. The maximum absolute atomic E-state index is 11.9. The van der Waals surface area contributed by atoms with E-state index in [0.29, 0.717) is 12.2 Å². The lowest BCUT2D eigenvalue weighted by atomic mass is 9.91. The quantitative estimate of drug-likeness (QED) is 0.639. The molecule has 0 aliphatic carbocycles. The molecule has 0 N–H and O–H groups in total. The highest BCUT2D eigenvalue weighted by molar-refractivity contribution is 5.80. The Morgan fingerprint density at radius 2 is 2.12 bits per heavy atom. The second kappa shape index (κ2) is 7.99. The first-order valence-electron chi connectivity index (χ1n) is 6.70. The summed E-state index contributed by atoms with van der Waals surface area (Å²) in [5.41, 5.74) is 1.04. The number of Topliss-reactive ketones (excluding diaryl/α,β-unsaturated/α-hetero) is 1. The van der Waals surface area contributed by atoms with Crippen LogP contribution in [0.25, 0.3) is 0 Å². The predicted octanol–water partition coefficient (Wildman–Crippen LogP) is 3.80. The van der Waals surface area contributed by atoms with Gasteiger partial charge < -0.3 is 0 Å². The molecule has 0 saturated carbocycles. The lowest BCUT2D eigenvalue weighted by Gasteiger charge is -2.14. The average Bonchev–Trinajstić information content (AvgIpc) is 2.38. The second-order valence-corrected chi connectivity index (χ2v) is 4.54. The number of carbonyl (C=O) groups is 1. The second-order valence-electron chi connectivity index (χ2n) is 4.54. The van der Waals surface area contributed by atoms with E-state index in [1.54, 1.807) is 6.20 Å².